The molecule has 0 unspecified atom stereocenters. The van der Waals surface area contributed by atoms with E-state index in [1.165, 1.54) is 0 Å². The van der Waals surface area contributed by atoms with Crippen LogP contribution >= 0.6 is 0 Å². The fourth-order valence-electron chi connectivity index (χ4n) is 3.94. The average Bonchev–Trinajstić information content (AvgIpc) is 3.21. The van der Waals surface area contributed by atoms with E-state index < -0.39 is 0 Å². The summed E-state index contributed by atoms with van der Waals surface area (Å²) in [6.07, 6.45) is 6.13. The molecule has 2 heterocycles. The third-order valence-electron chi connectivity index (χ3n) is 5.80. The van der Waals surface area contributed by atoms with Gasteiger partial charge in [-0.3, -0.25) is 9.89 Å². The van der Waals surface area contributed by atoms with Crippen molar-refractivity contribution in [1.82, 2.24) is 24.7 Å². The van der Waals surface area contributed by atoms with Gasteiger partial charge < -0.3 is 24.3 Å². The molecule has 1 saturated heterocycles. The topological polar surface area (TPSA) is 67.2 Å². The highest BCUT2D eigenvalue weighted by atomic mass is 16.5. The minimum atomic E-state index is 0.855. The van der Waals surface area contributed by atoms with Crippen LogP contribution in [0, 0.1) is 6.92 Å². The predicted molar refractivity (Wildman–Crippen MR) is 124 cm³/mol. The molecule has 1 fully saturated rings. The number of aromatic nitrogens is 2. The Morgan fingerprint density at radius 2 is 1.94 bits per heavy atom. The van der Waals surface area contributed by atoms with Crippen molar-refractivity contribution in [2.75, 3.05) is 54.0 Å². The number of piperazine rings is 1. The second kappa shape index (κ2) is 11.6. The second-order valence-electron chi connectivity index (χ2n) is 7.79. The lowest BCUT2D eigenvalue weighted by atomic mass is 10.1. The number of imidazole rings is 1. The van der Waals surface area contributed by atoms with Crippen LogP contribution < -0.4 is 14.8 Å². The van der Waals surface area contributed by atoms with Gasteiger partial charge in [0, 0.05) is 70.8 Å². The lowest BCUT2D eigenvalue weighted by Gasteiger charge is -2.36. The summed E-state index contributed by atoms with van der Waals surface area (Å²) < 4.78 is 13.1. The molecule has 170 valence electrons. The van der Waals surface area contributed by atoms with Crippen LogP contribution in [0.2, 0.25) is 0 Å². The van der Waals surface area contributed by atoms with E-state index in [0.717, 1.165) is 87.5 Å². The summed E-state index contributed by atoms with van der Waals surface area (Å²) in [5.74, 6) is 3.85. The Balaban J connectivity index is 1.41. The van der Waals surface area contributed by atoms with Gasteiger partial charge in [0.1, 0.15) is 17.3 Å². The summed E-state index contributed by atoms with van der Waals surface area (Å²) in [5.41, 5.74) is 1.16. The Morgan fingerprint density at radius 3 is 2.58 bits per heavy atom. The van der Waals surface area contributed by atoms with E-state index in [9.17, 15) is 0 Å². The smallest absolute Gasteiger partial charge is 0.193 e. The second-order valence-corrected chi connectivity index (χ2v) is 7.79. The molecule has 0 atom stereocenters. The van der Waals surface area contributed by atoms with Crippen LogP contribution in [0.25, 0.3) is 0 Å². The number of hydrogen-bond donors (Lipinski definition) is 1. The molecule has 1 N–H and O–H groups in total. The first-order valence-corrected chi connectivity index (χ1v) is 11.0. The summed E-state index contributed by atoms with van der Waals surface area (Å²) in [5, 5.41) is 3.53. The number of rotatable bonds is 9. The predicted octanol–water partition coefficient (Wildman–Crippen LogP) is 2.38. The number of nitrogens with one attached hydrogen (secondary N) is 1. The number of ether oxygens (including phenoxy) is 2. The Morgan fingerprint density at radius 1 is 1.13 bits per heavy atom. The monoisotopic (exact) mass is 428 g/mol. The average molecular weight is 429 g/mol. The molecule has 0 saturated carbocycles. The van der Waals surface area contributed by atoms with Crippen LogP contribution in [0.5, 0.6) is 11.5 Å². The minimum Gasteiger partial charge on any atom is -0.497 e. The molecule has 1 aliphatic rings. The van der Waals surface area contributed by atoms with Crippen LogP contribution in [0.15, 0.2) is 35.6 Å². The molecule has 0 radical (unpaired) electrons. The largest absolute Gasteiger partial charge is 0.497 e. The molecular formula is C23H36N6O2. The van der Waals surface area contributed by atoms with Gasteiger partial charge in [-0.15, -0.1) is 0 Å². The first kappa shape index (κ1) is 22.9. The van der Waals surface area contributed by atoms with Crippen LogP contribution in [0.3, 0.4) is 0 Å². The number of benzene rings is 1. The molecule has 2 aromatic rings. The molecule has 1 aromatic carbocycles. The fraction of sp³-hybridized carbons (Fsp3) is 0.565. The van der Waals surface area contributed by atoms with Gasteiger partial charge in [0.15, 0.2) is 5.96 Å². The van der Waals surface area contributed by atoms with Crippen LogP contribution in [0.4, 0.5) is 0 Å². The van der Waals surface area contributed by atoms with Gasteiger partial charge >= 0.3 is 0 Å². The third kappa shape index (κ3) is 6.37. The van der Waals surface area contributed by atoms with E-state index >= 15 is 0 Å². The zero-order chi connectivity index (χ0) is 22.1. The quantitative estimate of drug-likeness (QED) is 0.376. The van der Waals surface area contributed by atoms with Crippen molar-refractivity contribution in [3.63, 3.8) is 0 Å². The van der Waals surface area contributed by atoms with Gasteiger partial charge in [-0.25, -0.2) is 4.98 Å². The zero-order valence-electron chi connectivity index (χ0n) is 19.3. The SMILES string of the molecule is CN=C(NCCCCn1ccnc1C)N1CCN(Cc2cc(OC)ccc2OC)CC1. The first-order chi connectivity index (χ1) is 15.1. The van der Waals surface area contributed by atoms with Gasteiger partial charge in [0.05, 0.1) is 14.2 Å². The van der Waals surface area contributed by atoms with Gasteiger partial charge in [-0.05, 0) is 38.0 Å². The highest BCUT2D eigenvalue weighted by Crippen LogP contribution is 2.25. The fourth-order valence-corrected chi connectivity index (χ4v) is 3.94. The van der Waals surface area contributed by atoms with Crippen LogP contribution in [-0.4, -0.2) is 79.3 Å². The third-order valence-corrected chi connectivity index (χ3v) is 5.80. The maximum Gasteiger partial charge on any atom is 0.193 e. The minimum absolute atomic E-state index is 0.855. The number of methoxy groups -OCH3 is 2. The number of guanidine groups is 1. The molecule has 1 aromatic heterocycles. The maximum absolute atomic E-state index is 5.53. The van der Waals surface area contributed by atoms with E-state index in [0.29, 0.717) is 0 Å². The molecule has 31 heavy (non-hydrogen) atoms. The molecule has 8 nitrogen and oxygen atoms in total. The maximum atomic E-state index is 5.53. The van der Waals surface area contributed by atoms with Gasteiger partial charge in [-0.1, -0.05) is 0 Å². The standard InChI is InChI=1S/C23H36N6O2/c1-19-25-10-12-28(19)11-6-5-9-26-23(24-2)29-15-13-27(14-16-29)18-20-17-21(30-3)7-8-22(20)31-4/h7-8,10,12,17H,5-6,9,11,13-16,18H2,1-4H3,(H,24,26). The summed E-state index contributed by atoms with van der Waals surface area (Å²) in [6, 6.07) is 5.98. The molecule has 0 bridgehead atoms. The molecule has 3 rings (SSSR count). The molecule has 8 heteroatoms. The van der Waals surface area contributed by atoms with Crippen LogP contribution in [-0.2, 0) is 13.1 Å². The highest BCUT2D eigenvalue weighted by molar-refractivity contribution is 5.79. The number of unbranched alkanes of at least 4 members (excludes halogenated alkanes) is 1. The van der Waals surface area contributed by atoms with Gasteiger partial charge in [-0.2, -0.15) is 0 Å². The number of nitrogens with zero attached hydrogens (tertiary/aromatic N) is 5. The lowest BCUT2D eigenvalue weighted by molar-refractivity contribution is 0.171. The summed E-state index contributed by atoms with van der Waals surface area (Å²) >= 11 is 0. The molecule has 0 spiro atoms. The van der Waals surface area contributed by atoms with E-state index in [-0.39, 0.29) is 0 Å². The lowest BCUT2D eigenvalue weighted by Crippen LogP contribution is -2.52. The number of aryl methyl sites for hydroxylation is 2. The molecule has 1 aliphatic heterocycles. The Kier molecular flexibility index (Phi) is 8.58. The van der Waals surface area contributed by atoms with Crippen molar-refractivity contribution in [1.29, 1.82) is 0 Å². The summed E-state index contributed by atoms with van der Waals surface area (Å²) in [7, 11) is 5.28. The molecule has 0 amide bonds. The molecule has 0 aliphatic carbocycles. The van der Waals surface area contributed by atoms with Crippen LogP contribution in [0.1, 0.15) is 24.2 Å². The van der Waals surface area contributed by atoms with Gasteiger partial charge in [0.25, 0.3) is 0 Å². The Labute approximate surface area is 185 Å². The summed E-state index contributed by atoms with van der Waals surface area (Å²) in [6.45, 7) is 8.74. The zero-order valence-corrected chi connectivity index (χ0v) is 19.3. The normalized spacial score (nSPS) is 15.2. The number of hydrogen-bond acceptors (Lipinski definition) is 5. The van der Waals surface area contributed by atoms with Crippen molar-refractivity contribution in [3.05, 3.63) is 42.0 Å². The van der Waals surface area contributed by atoms with Crippen molar-refractivity contribution in [2.24, 2.45) is 4.99 Å². The highest BCUT2D eigenvalue weighted by Gasteiger charge is 2.20. The van der Waals surface area contributed by atoms with Crippen molar-refractivity contribution < 1.29 is 9.47 Å². The van der Waals surface area contributed by atoms with Crippen molar-refractivity contribution in [2.45, 2.75) is 32.9 Å². The number of aliphatic imine (C=N–C) groups is 1. The Bertz CT molecular complexity index is 842. The van der Waals surface area contributed by atoms with E-state index in [1.807, 2.05) is 38.5 Å². The van der Waals surface area contributed by atoms with E-state index in [2.05, 4.69) is 35.7 Å². The van der Waals surface area contributed by atoms with Crippen molar-refractivity contribution in [3.8, 4) is 11.5 Å². The summed E-state index contributed by atoms with van der Waals surface area (Å²) in [4.78, 5) is 13.6. The van der Waals surface area contributed by atoms with Crippen molar-refractivity contribution >= 4 is 5.96 Å². The van der Waals surface area contributed by atoms with E-state index in [4.69, 9.17) is 9.47 Å². The molecular weight excluding hydrogens is 392 g/mol. The Hall–Kier alpha value is -2.74. The van der Waals surface area contributed by atoms with E-state index in [1.54, 1.807) is 14.2 Å². The van der Waals surface area contributed by atoms with Gasteiger partial charge in [0.2, 0.25) is 0 Å². The first-order valence-electron chi connectivity index (χ1n) is 11.0.